The Balaban J connectivity index is 3.92. The summed E-state index contributed by atoms with van der Waals surface area (Å²) in [6.07, 6.45) is 12.1. The molecule has 0 N–H and O–H groups in total. The Morgan fingerprint density at radius 1 is 1.30 bits per heavy atom. The molecule has 0 saturated carbocycles. The van der Waals surface area contributed by atoms with Crippen LogP contribution in [0.5, 0.6) is 0 Å². The molecule has 0 aliphatic rings. The number of hydrogen-bond acceptors (Lipinski definition) is 1. The zero-order valence-corrected chi connectivity index (χ0v) is 14.2. The molecule has 0 bridgehead atoms. The molecule has 0 aromatic carbocycles. The first-order valence-corrected chi connectivity index (χ1v) is 7.93. The first-order valence-electron chi connectivity index (χ1n) is 7.93. The van der Waals surface area contributed by atoms with Crippen LogP contribution in [-0.2, 0) is 0 Å². The van der Waals surface area contributed by atoms with Crippen LogP contribution in [0.2, 0.25) is 0 Å². The predicted molar refractivity (Wildman–Crippen MR) is 92.1 cm³/mol. The highest BCUT2D eigenvalue weighted by atomic mass is 15.1. The van der Waals surface area contributed by atoms with Crippen LogP contribution in [0.3, 0.4) is 0 Å². The van der Waals surface area contributed by atoms with Crippen LogP contribution >= 0.6 is 0 Å². The second kappa shape index (κ2) is 11.8. The third-order valence-corrected chi connectivity index (χ3v) is 3.71. The maximum atomic E-state index is 3.78. The fourth-order valence-corrected chi connectivity index (χ4v) is 1.88. The highest BCUT2D eigenvalue weighted by Crippen LogP contribution is 2.09. The standard InChI is InChI=1S/C19H33N/c1-7-19(8-2)15-10-9-13-18(5)14-11-12-16-20(6)17(3)4/h7,10,13,17H,1,8-9,11-12,14,16H2,2-6H3/b18-13+. The maximum Gasteiger partial charge on any atom is 0.00355 e. The molecule has 0 saturated heterocycles. The molecule has 1 heteroatoms. The van der Waals surface area contributed by atoms with Gasteiger partial charge >= 0.3 is 0 Å². The largest absolute Gasteiger partial charge is 0.304 e. The Hall–Kier alpha value is -1.04. The van der Waals surface area contributed by atoms with Gasteiger partial charge in [-0.15, -0.1) is 5.73 Å². The lowest BCUT2D eigenvalue weighted by molar-refractivity contribution is 0.268. The topological polar surface area (TPSA) is 3.24 Å². The molecule has 0 aromatic heterocycles. The summed E-state index contributed by atoms with van der Waals surface area (Å²) in [4.78, 5) is 2.41. The molecule has 0 rings (SSSR count). The molecule has 0 aliphatic heterocycles. The Kier molecular flexibility index (Phi) is 11.1. The molecule has 0 spiro atoms. The van der Waals surface area contributed by atoms with Crippen molar-refractivity contribution in [2.75, 3.05) is 13.6 Å². The van der Waals surface area contributed by atoms with Gasteiger partial charge in [-0.1, -0.05) is 31.2 Å². The van der Waals surface area contributed by atoms with E-state index in [4.69, 9.17) is 0 Å². The van der Waals surface area contributed by atoms with Gasteiger partial charge in [0.25, 0.3) is 0 Å². The minimum atomic E-state index is 0.654. The SMILES string of the molecule is C=CC(=C=CC/C=C(\C)CCCCN(C)C(C)C)CC. The van der Waals surface area contributed by atoms with Gasteiger partial charge in [0.2, 0.25) is 0 Å². The predicted octanol–water partition coefficient (Wildman–Crippen LogP) is 5.51. The summed E-state index contributed by atoms with van der Waals surface area (Å²) >= 11 is 0. The second-order valence-corrected chi connectivity index (χ2v) is 5.75. The maximum absolute atomic E-state index is 3.78. The molecule has 0 unspecified atom stereocenters. The first kappa shape index (κ1) is 19.0. The third-order valence-electron chi connectivity index (χ3n) is 3.71. The van der Waals surface area contributed by atoms with Crippen molar-refractivity contribution in [1.82, 2.24) is 4.90 Å². The Labute approximate surface area is 126 Å². The van der Waals surface area contributed by atoms with Gasteiger partial charge < -0.3 is 4.90 Å². The van der Waals surface area contributed by atoms with Crippen LogP contribution in [0.15, 0.2) is 41.7 Å². The van der Waals surface area contributed by atoms with Crippen molar-refractivity contribution in [1.29, 1.82) is 0 Å². The van der Waals surface area contributed by atoms with E-state index in [-0.39, 0.29) is 0 Å². The molecule has 0 aliphatic carbocycles. The number of rotatable bonds is 10. The molecule has 0 fully saturated rings. The molecular weight excluding hydrogens is 242 g/mol. The molecule has 1 nitrogen and oxygen atoms in total. The summed E-state index contributed by atoms with van der Waals surface area (Å²) in [5.74, 6) is 0. The lowest BCUT2D eigenvalue weighted by Gasteiger charge is -2.20. The van der Waals surface area contributed by atoms with Crippen LogP contribution in [0.1, 0.15) is 59.8 Å². The zero-order chi connectivity index (χ0) is 15.4. The van der Waals surface area contributed by atoms with Gasteiger partial charge in [-0.25, -0.2) is 0 Å². The molecule has 0 heterocycles. The third kappa shape index (κ3) is 9.83. The Morgan fingerprint density at radius 3 is 2.55 bits per heavy atom. The monoisotopic (exact) mass is 275 g/mol. The van der Waals surface area contributed by atoms with Crippen molar-refractivity contribution in [3.8, 4) is 0 Å². The van der Waals surface area contributed by atoms with Crippen molar-refractivity contribution >= 4 is 0 Å². The highest BCUT2D eigenvalue weighted by molar-refractivity contribution is 5.15. The summed E-state index contributed by atoms with van der Waals surface area (Å²) < 4.78 is 0. The van der Waals surface area contributed by atoms with Crippen molar-refractivity contribution in [3.05, 3.63) is 41.7 Å². The van der Waals surface area contributed by atoms with E-state index in [1.54, 1.807) is 0 Å². The van der Waals surface area contributed by atoms with Gasteiger partial charge in [-0.2, -0.15) is 0 Å². The summed E-state index contributed by atoms with van der Waals surface area (Å²) in [5.41, 5.74) is 5.97. The van der Waals surface area contributed by atoms with E-state index < -0.39 is 0 Å². The minimum absolute atomic E-state index is 0.654. The number of allylic oxidation sites excluding steroid dienone is 4. The molecular formula is C19H33N. The highest BCUT2D eigenvalue weighted by Gasteiger charge is 2.01. The number of hydrogen-bond donors (Lipinski definition) is 0. The quantitative estimate of drug-likeness (QED) is 0.220. The van der Waals surface area contributed by atoms with Crippen LogP contribution < -0.4 is 0 Å². The van der Waals surface area contributed by atoms with E-state index in [9.17, 15) is 0 Å². The van der Waals surface area contributed by atoms with E-state index in [1.165, 1.54) is 37.0 Å². The summed E-state index contributed by atoms with van der Waals surface area (Å²) in [6, 6.07) is 0.654. The van der Waals surface area contributed by atoms with E-state index in [0.717, 1.165) is 12.8 Å². The number of nitrogens with zero attached hydrogens (tertiary/aromatic N) is 1. The van der Waals surface area contributed by atoms with Crippen molar-refractivity contribution in [2.45, 2.75) is 65.8 Å². The van der Waals surface area contributed by atoms with Gasteiger partial charge in [-0.3, -0.25) is 0 Å². The van der Waals surface area contributed by atoms with Gasteiger partial charge in [0.05, 0.1) is 0 Å². The van der Waals surface area contributed by atoms with Gasteiger partial charge in [0.1, 0.15) is 0 Å². The smallest absolute Gasteiger partial charge is 0.00355 e. The average Bonchev–Trinajstić information content (AvgIpc) is 2.43. The average molecular weight is 275 g/mol. The molecule has 0 atom stereocenters. The normalized spacial score (nSPS) is 11.7. The van der Waals surface area contributed by atoms with E-state index in [1.807, 2.05) is 6.08 Å². The molecule has 0 radical (unpaired) electrons. The van der Waals surface area contributed by atoms with Crippen LogP contribution in [0.25, 0.3) is 0 Å². The molecule has 0 aromatic rings. The van der Waals surface area contributed by atoms with Crippen molar-refractivity contribution < 1.29 is 0 Å². The zero-order valence-electron chi connectivity index (χ0n) is 14.2. The fourth-order valence-electron chi connectivity index (χ4n) is 1.88. The Bertz CT molecular complexity index is 354. The summed E-state index contributed by atoms with van der Waals surface area (Å²) in [5, 5.41) is 0. The van der Waals surface area contributed by atoms with Crippen LogP contribution in [0, 0.1) is 0 Å². The van der Waals surface area contributed by atoms with E-state index >= 15 is 0 Å². The van der Waals surface area contributed by atoms with Crippen LogP contribution in [0.4, 0.5) is 0 Å². The lowest BCUT2D eigenvalue weighted by Crippen LogP contribution is -2.27. The van der Waals surface area contributed by atoms with E-state index in [0.29, 0.717) is 6.04 Å². The van der Waals surface area contributed by atoms with Gasteiger partial charge in [0.15, 0.2) is 0 Å². The lowest BCUT2D eigenvalue weighted by atomic mass is 10.1. The van der Waals surface area contributed by atoms with Crippen LogP contribution in [-0.4, -0.2) is 24.5 Å². The molecule has 0 amide bonds. The fraction of sp³-hybridized carbons (Fsp3) is 0.632. The summed E-state index contributed by atoms with van der Waals surface area (Å²) in [6.45, 7) is 13.8. The van der Waals surface area contributed by atoms with Crippen molar-refractivity contribution in [2.24, 2.45) is 0 Å². The van der Waals surface area contributed by atoms with Gasteiger partial charge in [-0.05, 0) is 78.1 Å². The van der Waals surface area contributed by atoms with Gasteiger partial charge in [0, 0.05) is 6.04 Å². The summed E-state index contributed by atoms with van der Waals surface area (Å²) in [7, 11) is 2.20. The molecule has 20 heavy (non-hydrogen) atoms. The van der Waals surface area contributed by atoms with Crippen molar-refractivity contribution in [3.63, 3.8) is 0 Å². The molecule has 114 valence electrons. The minimum Gasteiger partial charge on any atom is -0.304 e. The first-order chi connectivity index (χ1) is 9.51. The van der Waals surface area contributed by atoms with E-state index in [2.05, 4.69) is 64.1 Å². The number of unbranched alkanes of at least 4 members (excludes halogenated alkanes) is 1. The second-order valence-electron chi connectivity index (χ2n) is 5.75. The Morgan fingerprint density at radius 2 is 2.00 bits per heavy atom.